The van der Waals surface area contributed by atoms with Crippen LogP contribution < -0.4 is 15.4 Å². The minimum Gasteiger partial charge on any atom is -0.482 e. The molecular weight excluding hydrogens is 264 g/mol. The molecule has 0 saturated heterocycles. The summed E-state index contributed by atoms with van der Waals surface area (Å²) < 4.78 is 5.34. The molecule has 0 bridgehead atoms. The lowest BCUT2D eigenvalue weighted by Crippen LogP contribution is -2.25. The van der Waals surface area contributed by atoms with E-state index in [1.807, 2.05) is 18.2 Å². The molecule has 3 rings (SSSR count). The molecule has 0 aliphatic carbocycles. The predicted molar refractivity (Wildman–Crippen MR) is 83.8 cm³/mol. The van der Waals surface area contributed by atoms with Gasteiger partial charge in [0.15, 0.2) is 6.61 Å². The first-order valence-corrected chi connectivity index (χ1v) is 6.98. The van der Waals surface area contributed by atoms with Crippen molar-refractivity contribution in [3.05, 3.63) is 53.1 Å². The molecule has 0 saturated carbocycles. The number of rotatable bonds is 3. The van der Waals surface area contributed by atoms with Gasteiger partial charge in [0.05, 0.1) is 5.69 Å². The first kappa shape index (κ1) is 13.5. The zero-order valence-electron chi connectivity index (χ0n) is 12.2. The van der Waals surface area contributed by atoms with Crippen LogP contribution in [0.4, 0.5) is 11.4 Å². The Bertz CT molecular complexity index is 695. The Hall–Kier alpha value is -2.49. The van der Waals surface area contributed by atoms with Crippen LogP contribution in [0.1, 0.15) is 16.7 Å². The summed E-state index contributed by atoms with van der Waals surface area (Å²) in [5, 5.41) is 6.18. The molecule has 0 fully saturated rings. The van der Waals surface area contributed by atoms with Gasteiger partial charge in [-0.15, -0.1) is 0 Å². The fourth-order valence-electron chi connectivity index (χ4n) is 2.31. The van der Waals surface area contributed by atoms with E-state index in [1.165, 1.54) is 16.7 Å². The second-order valence-corrected chi connectivity index (χ2v) is 5.32. The number of fused-ring (bicyclic) bond motifs is 1. The van der Waals surface area contributed by atoms with Crippen LogP contribution in [-0.2, 0) is 11.3 Å². The molecule has 0 radical (unpaired) electrons. The lowest BCUT2D eigenvalue weighted by atomic mass is 10.1. The Balaban J connectivity index is 1.72. The van der Waals surface area contributed by atoms with Gasteiger partial charge in [-0.25, -0.2) is 0 Å². The second kappa shape index (κ2) is 5.48. The van der Waals surface area contributed by atoms with E-state index < -0.39 is 0 Å². The molecule has 0 spiro atoms. The summed E-state index contributed by atoms with van der Waals surface area (Å²) in [4.78, 5) is 11.3. The Morgan fingerprint density at radius 2 is 2.00 bits per heavy atom. The van der Waals surface area contributed by atoms with E-state index >= 15 is 0 Å². The van der Waals surface area contributed by atoms with Gasteiger partial charge in [-0.1, -0.05) is 18.2 Å². The molecule has 2 aromatic rings. The summed E-state index contributed by atoms with van der Waals surface area (Å²) in [7, 11) is 0. The Kier molecular flexibility index (Phi) is 3.52. The summed E-state index contributed by atoms with van der Waals surface area (Å²) in [6, 6.07) is 12.2. The molecule has 0 atom stereocenters. The van der Waals surface area contributed by atoms with Gasteiger partial charge < -0.3 is 15.4 Å². The predicted octanol–water partition coefficient (Wildman–Crippen LogP) is 3.25. The minimum atomic E-state index is -0.117. The van der Waals surface area contributed by atoms with Gasteiger partial charge in [0.1, 0.15) is 5.75 Å². The highest BCUT2D eigenvalue weighted by molar-refractivity contribution is 5.96. The maximum absolute atomic E-state index is 11.3. The van der Waals surface area contributed by atoms with Crippen LogP contribution in [0.25, 0.3) is 0 Å². The highest BCUT2D eigenvalue weighted by Crippen LogP contribution is 2.30. The Morgan fingerprint density at radius 1 is 1.14 bits per heavy atom. The molecule has 0 aromatic heterocycles. The minimum absolute atomic E-state index is 0.0857. The van der Waals surface area contributed by atoms with Crippen LogP contribution in [0.2, 0.25) is 0 Å². The van der Waals surface area contributed by atoms with Crippen molar-refractivity contribution in [2.24, 2.45) is 0 Å². The lowest BCUT2D eigenvalue weighted by Gasteiger charge is -2.19. The van der Waals surface area contributed by atoms with E-state index in [9.17, 15) is 4.79 Å². The Labute approximate surface area is 124 Å². The van der Waals surface area contributed by atoms with Gasteiger partial charge in [-0.2, -0.15) is 0 Å². The smallest absolute Gasteiger partial charge is 0.262 e. The quantitative estimate of drug-likeness (QED) is 0.908. The molecule has 2 aromatic carbocycles. The zero-order valence-corrected chi connectivity index (χ0v) is 12.2. The number of carbonyl (C=O) groups is 1. The van der Waals surface area contributed by atoms with Crippen LogP contribution >= 0.6 is 0 Å². The molecule has 1 aliphatic rings. The average Bonchev–Trinajstić information content (AvgIpc) is 2.48. The number of ether oxygens (including phenoxy) is 1. The first-order valence-electron chi connectivity index (χ1n) is 6.98. The van der Waals surface area contributed by atoms with E-state index in [0.717, 1.165) is 17.9 Å². The van der Waals surface area contributed by atoms with Crippen LogP contribution in [-0.4, -0.2) is 12.5 Å². The molecule has 4 heteroatoms. The molecular formula is C17H18N2O2. The normalized spacial score (nSPS) is 13.1. The van der Waals surface area contributed by atoms with E-state index in [2.05, 4.69) is 42.7 Å². The summed E-state index contributed by atoms with van der Waals surface area (Å²) >= 11 is 0. The van der Waals surface area contributed by atoms with Crippen molar-refractivity contribution in [2.45, 2.75) is 20.4 Å². The Morgan fingerprint density at radius 3 is 2.81 bits per heavy atom. The van der Waals surface area contributed by atoms with Gasteiger partial charge in [-0.3, -0.25) is 4.79 Å². The van der Waals surface area contributed by atoms with Crippen molar-refractivity contribution in [2.75, 3.05) is 17.2 Å². The van der Waals surface area contributed by atoms with Crippen molar-refractivity contribution in [1.29, 1.82) is 0 Å². The van der Waals surface area contributed by atoms with Crippen LogP contribution in [0.15, 0.2) is 36.4 Å². The highest BCUT2D eigenvalue weighted by atomic mass is 16.5. The van der Waals surface area contributed by atoms with Gasteiger partial charge >= 0.3 is 0 Å². The maximum atomic E-state index is 11.3. The van der Waals surface area contributed by atoms with E-state index in [-0.39, 0.29) is 12.5 Å². The number of hydrogen-bond donors (Lipinski definition) is 2. The summed E-state index contributed by atoms with van der Waals surface area (Å²) in [5.41, 5.74) is 5.50. The first-order chi connectivity index (χ1) is 10.1. The number of hydrogen-bond acceptors (Lipinski definition) is 3. The summed E-state index contributed by atoms with van der Waals surface area (Å²) in [6.45, 7) is 5.06. The number of amides is 1. The van der Waals surface area contributed by atoms with Crippen LogP contribution in [0, 0.1) is 13.8 Å². The third-order valence-electron chi connectivity index (χ3n) is 3.68. The fraction of sp³-hybridized carbons (Fsp3) is 0.235. The van der Waals surface area contributed by atoms with Crippen molar-refractivity contribution in [3.63, 3.8) is 0 Å². The number of benzene rings is 2. The van der Waals surface area contributed by atoms with Crippen molar-refractivity contribution >= 4 is 17.3 Å². The molecule has 0 unspecified atom stereocenters. The van der Waals surface area contributed by atoms with Gasteiger partial charge in [0, 0.05) is 12.2 Å². The third kappa shape index (κ3) is 2.99. The topological polar surface area (TPSA) is 50.4 Å². The summed E-state index contributed by atoms with van der Waals surface area (Å²) in [5.74, 6) is 0.597. The number of nitrogens with one attached hydrogen (secondary N) is 2. The van der Waals surface area contributed by atoms with Gasteiger partial charge in [-0.05, 0) is 48.7 Å². The summed E-state index contributed by atoms with van der Waals surface area (Å²) in [6.07, 6.45) is 0. The second-order valence-electron chi connectivity index (χ2n) is 5.32. The average molecular weight is 282 g/mol. The zero-order chi connectivity index (χ0) is 14.8. The molecule has 21 heavy (non-hydrogen) atoms. The van der Waals surface area contributed by atoms with Gasteiger partial charge in [0.25, 0.3) is 5.91 Å². The molecule has 1 aliphatic heterocycles. The van der Waals surface area contributed by atoms with Crippen molar-refractivity contribution < 1.29 is 9.53 Å². The number of aryl methyl sites for hydroxylation is 2. The molecule has 1 heterocycles. The highest BCUT2D eigenvalue weighted by Gasteiger charge is 2.15. The van der Waals surface area contributed by atoms with E-state index in [4.69, 9.17) is 4.74 Å². The van der Waals surface area contributed by atoms with Crippen LogP contribution in [0.3, 0.4) is 0 Å². The third-order valence-corrected chi connectivity index (χ3v) is 3.68. The molecule has 1 amide bonds. The molecule has 4 nitrogen and oxygen atoms in total. The standard InChI is InChI=1S/C17H18N2O2/c1-11-3-4-13(7-12(11)2)9-18-14-5-6-16-15(8-14)19-17(20)10-21-16/h3-8,18H,9-10H2,1-2H3,(H,19,20). The van der Waals surface area contributed by atoms with Crippen LogP contribution in [0.5, 0.6) is 5.75 Å². The van der Waals surface area contributed by atoms with Crippen molar-refractivity contribution in [3.8, 4) is 5.75 Å². The number of carbonyl (C=O) groups excluding carboxylic acids is 1. The monoisotopic (exact) mass is 282 g/mol. The van der Waals surface area contributed by atoms with E-state index in [1.54, 1.807) is 0 Å². The van der Waals surface area contributed by atoms with E-state index in [0.29, 0.717) is 5.75 Å². The van der Waals surface area contributed by atoms with Gasteiger partial charge in [0.2, 0.25) is 0 Å². The number of anilines is 2. The SMILES string of the molecule is Cc1ccc(CNc2ccc3c(c2)NC(=O)CO3)cc1C. The molecule has 2 N–H and O–H groups in total. The lowest BCUT2D eigenvalue weighted by molar-refractivity contribution is -0.118. The molecule has 108 valence electrons. The maximum Gasteiger partial charge on any atom is 0.262 e. The largest absolute Gasteiger partial charge is 0.482 e. The van der Waals surface area contributed by atoms with Crippen molar-refractivity contribution in [1.82, 2.24) is 0 Å². The fourth-order valence-corrected chi connectivity index (χ4v) is 2.31.